The number of aromatic nitrogens is 2. The Hall–Kier alpha value is -2.79. The first kappa shape index (κ1) is 16.7. The quantitative estimate of drug-likeness (QED) is 0.737. The molecule has 1 aromatic carbocycles. The zero-order valence-electron chi connectivity index (χ0n) is 14.5. The summed E-state index contributed by atoms with van der Waals surface area (Å²) >= 11 is 0. The maximum absolute atomic E-state index is 12.7. The summed E-state index contributed by atoms with van der Waals surface area (Å²) in [5.41, 5.74) is 2.46. The number of para-hydroxylation sites is 1. The number of hydrogen-bond acceptors (Lipinski definition) is 4. The van der Waals surface area contributed by atoms with Crippen molar-refractivity contribution in [3.8, 4) is 0 Å². The Kier molecular flexibility index (Phi) is 4.63. The summed E-state index contributed by atoms with van der Waals surface area (Å²) in [6, 6.07) is 12.9. The van der Waals surface area contributed by atoms with Gasteiger partial charge in [-0.3, -0.25) is 19.5 Å². The normalized spacial score (nSPS) is 18.1. The monoisotopic (exact) mass is 347 g/mol. The number of carbonyl (C=O) groups excluding carboxylic acids is 1. The molecule has 1 atom stereocenters. The van der Waals surface area contributed by atoms with E-state index in [9.17, 15) is 9.59 Å². The first-order chi connectivity index (χ1) is 12.7. The molecule has 26 heavy (non-hydrogen) atoms. The van der Waals surface area contributed by atoms with Gasteiger partial charge in [-0.25, -0.2) is 0 Å². The lowest BCUT2D eigenvalue weighted by Gasteiger charge is -2.31. The van der Waals surface area contributed by atoms with Crippen LogP contribution in [0.1, 0.15) is 28.9 Å². The van der Waals surface area contributed by atoms with E-state index in [0.29, 0.717) is 24.0 Å². The second-order valence-corrected chi connectivity index (χ2v) is 6.88. The Balaban J connectivity index is 1.50. The van der Waals surface area contributed by atoms with Crippen LogP contribution in [-0.2, 0) is 6.54 Å². The first-order valence-corrected chi connectivity index (χ1v) is 8.98. The zero-order chi connectivity index (χ0) is 17.9. The summed E-state index contributed by atoms with van der Waals surface area (Å²) in [6.45, 7) is 2.30. The number of fused-ring (bicyclic) bond motifs is 1. The molecule has 132 valence electrons. The second kappa shape index (κ2) is 7.22. The number of H-pyrrole nitrogens is 1. The van der Waals surface area contributed by atoms with E-state index in [2.05, 4.69) is 14.9 Å². The summed E-state index contributed by atoms with van der Waals surface area (Å²) in [4.78, 5) is 34.7. The molecule has 0 bridgehead atoms. The van der Waals surface area contributed by atoms with Crippen molar-refractivity contribution >= 4 is 16.7 Å². The van der Waals surface area contributed by atoms with Crippen molar-refractivity contribution in [3.05, 3.63) is 76.3 Å². The molecule has 1 aliphatic heterocycles. The van der Waals surface area contributed by atoms with Gasteiger partial charge in [0.1, 0.15) is 0 Å². The highest BCUT2D eigenvalue weighted by Gasteiger charge is 2.26. The third kappa shape index (κ3) is 3.44. The molecule has 0 unspecified atom stereocenters. The lowest BCUT2D eigenvalue weighted by molar-refractivity contribution is 0.0810. The summed E-state index contributed by atoms with van der Waals surface area (Å²) in [5.74, 6) is 0.148. The third-order valence-electron chi connectivity index (χ3n) is 5.01. The second-order valence-electron chi connectivity index (χ2n) is 6.88. The van der Waals surface area contributed by atoms with E-state index in [1.165, 1.54) is 0 Å². The van der Waals surface area contributed by atoms with Gasteiger partial charge in [0.25, 0.3) is 0 Å². The van der Waals surface area contributed by atoms with Gasteiger partial charge in [0.05, 0.1) is 0 Å². The summed E-state index contributed by atoms with van der Waals surface area (Å²) in [7, 11) is 0. The fourth-order valence-corrected chi connectivity index (χ4v) is 3.74. The number of piperidine rings is 1. The van der Waals surface area contributed by atoms with Crippen molar-refractivity contribution < 1.29 is 4.79 Å². The fourth-order valence-electron chi connectivity index (χ4n) is 3.74. The number of rotatable bonds is 4. The van der Waals surface area contributed by atoms with Crippen LogP contribution in [0.4, 0.5) is 0 Å². The molecule has 0 amide bonds. The van der Waals surface area contributed by atoms with Gasteiger partial charge in [0.15, 0.2) is 11.2 Å². The van der Waals surface area contributed by atoms with Gasteiger partial charge in [-0.05, 0) is 43.7 Å². The minimum absolute atomic E-state index is 0.0138. The van der Waals surface area contributed by atoms with Crippen LogP contribution in [0.25, 0.3) is 10.9 Å². The van der Waals surface area contributed by atoms with E-state index < -0.39 is 0 Å². The van der Waals surface area contributed by atoms with E-state index in [0.717, 1.165) is 30.6 Å². The van der Waals surface area contributed by atoms with Gasteiger partial charge in [-0.2, -0.15) is 0 Å². The van der Waals surface area contributed by atoms with Gasteiger partial charge < -0.3 is 4.98 Å². The Labute approximate surface area is 151 Å². The highest BCUT2D eigenvalue weighted by Crippen LogP contribution is 2.22. The van der Waals surface area contributed by atoms with E-state index in [-0.39, 0.29) is 17.1 Å². The molecule has 1 N–H and O–H groups in total. The molecule has 3 aromatic rings. The minimum Gasteiger partial charge on any atom is -0.357 e. The van der Waals surface area contributed by atoms with Crippen LogP contribution in [0.2, 0.25) is 0 Å². The highest BCUT2D eigenvalue weighted by atomic mass is 16.1. The smallest absolute Gasteiger partial charge is 0.189 e. The largest absolute Gasteiger partial charge is 0.357 e. The Morgan fingerprint density at radius 1 is 1.23 bits per heavy atom. The molecule has 4 rings (SSSR count). The van der Waals surface area contributed by atoms with Gasteiger partial charge in [-0.1, -0.05) is 12.1 Å². The predicted molar refractivity (Wildman–Crippen MR) is 101 cm³/mol. The van der Waals surface area contributed by atoms with Crippen LogP contribution < -0.4 is 5.43 Å². The number of nitrogens with one attached hydrogen (secondary N) is 1. The molecule has 5 nitrogen and oxygen atoms in total. The number of pyridine rings is 2. The lowest BCUT2D eigenvalue weighted by Crippen LogP contribution is -2.38. The number of hydrogen-bond donors (Lipinski definition) is 1. The van der Waals surface area contributed by atoms with E-state index >= 15 is 0 Å². The van der Waals surface area contributed by atoms with Crippen molar-refractivity contribution in [2.45, 2.75) is 19.4 Å². The Morgan fingerprint density at radius 3 is 2.96 bits per heavy atom. The number of ketones is 1. The minimum atomic E-state index is -0.0138. The molecule has 0 aliphatic carbocycles. The van der Waals surface area contributed by atoms with Gasteiger partial charge in [-0.15, -0.1) is 0 Å². The predicted octanol–water partition coefficient (Wildman–Crippen LogP) is 3.02. The number of aromatic amines is 1. The van der Waals surface area contributed by atoms with Crippen LogP contribution in [0.5, 0.6) is 0 Å². The van der Waals surface area contributed by atoms with Crippen LogP contribution in [0.15, 0.2) is 59.7 Å². The summed E-state index contributed by atoms with van der Waals surface area (Å²) < 4.78 is 0. The van der Waals surface area contributed by atoms with Crippen LogP contribution in [0, 0.1) is 5.92 Å². The SMILES string of the molecule is O=C(c1cccnc1)[C@@H]1CCCN(Cc2cc(=O)c3ccccc3[nH]2)C1. The van der Waals surface area contributed by atoms with Crippen molar-refractivity contribution in [1.82, 2.24) is 14.9 Å². The molecule has 1 aliphatic rings. The van der Waals surface area contributed by atoms with Crippen LogP contribution >= 0.6 is 0 Å². The molecule has 1 saturated heterocycles. The van der Waals surface area contributed by atoms with Crippen LogP contribution in [0.3, 0.4) is 0 Å². The van der Waals surface area contributed by atoms with E-state index in [1.54, 1.807) is 24.5 Å². The van der Waals surface area contributed by atoms with Crippen molar-refractivity contribution in [3.63, 3.8) is 0 Å². The molecule has 0 spiro atoms. The Bertz CT molecular complexity index is 981. The van der Waals surface area contributed by atoms with Crippen molar-refractivity contribution in [2.75, 3.05) is 13.1 Å². The third-order valence-corrected chi connectivity index (χ3v) is 5.01. The highest BCUT2D eigenvalue weighted by molar-refractivity contribution is 5.97. The first-order valence-electron chi connectivity index (χ1n) is 8.98. The summed E-state index contributed by atoms with van der Waals surface area (Å²) in [5, 5.41) is 0.708. The molecule has 0 radical (unpaired) electrons. The maximum atomic E-state index is 12.7. The van der Waals surface area contributed by atoms with Gasteiger partial charge >= 0.3 is 0 Å². The van der Waals surface area contributed by atoms with Crippen molar-refractivity contribution in [2.24, 2.45) is 5.92 Å². The number of likely N-dealkylation sites (tertiary alicyclic amines) is 1. The van der Waals surface area contributed by atoms with Gasteiger partial charge in [0.2, 0.25) is 0 Å². The number of nitrogens with zero attached hydrogens (tertiary/aromatic N) is 2. The maximum Gasteiger partial charge on any atom is 0.189 e. The summed E-state index contributed by atoms with van der Waals surface area (Å²) in [6.07, 6.45) is 5.20. The average molecular weight is 347 g/mol. The molecule has 5 heteroatoms. The molecule has 1 fully saturated rings. The Morgan fingerprint density at radius 2 is 2.12 bits per heavy atom. The number of Topliss-reactive ketones (excluding diaryl/α,β-unsaturated/α-hetero) is 1. The number of benzene rings is 1. The molecule has 2 aromatic heterocycles. The van der Waals surface area contributed by atoms with Crippen molar-refractivity contribution in [1.29, 1.82) is 0 Å². The molecule has 3 heterocycles. The zero-order valence-corrected chi connectivity index (χ0v) is 14.5. The topological polar surface area (TPSA) is 66.1 Å². The molecular formula is C21H21N3O2. The van der Waals surface area contributed by atoms with E-state index in [1.807, 2.05) is 30.3 Å². The standard InChI is InChI=1S/C21H21N3O2/c25-20-11-17(23-19-8-2-1-7-18(19)20)14-24-10-4-6-16(13-24)21(26)15-5-3-9-22-12-15/h1-3,5,7-9,11-12,16H,4,6,10,13-14H2,(H,23,25)/t16-/m1/s1. The lowest BCUT2D eigenvalue weighted by atomic mass is 9.90. The average Bonchev–Trinajstić information content (AvgIpc) is 2.68. The molecule has 0 saturated carbocycles. The van der Waals surface area contributed by atoms with Crippen LogP contribution in [-0.4, -0.2) is 33.7 Å². The van der Waals surface area contributed by atoms with E-state index in [4.69, 9.17) is 0 Å². The van der Waals surface area contributed by atoms with Gasteiger partial charge in [0, 0.05) is 59.6 Å². The fraction of sp³-hybridized carbons (Fsp3) is 0.286. The molecular weight excluding hydrogens is 326 g/mol. The number of carbonyl (C=O) groups is 1.